The number of phenolic OH excluding ortho intramolecular Hbond substituents is 1. The first-order valence-corrected chi connectivity index (χ1v) is 10.5. The molecule has 3 nitrogen and oxygen atoms in total. The maximum atomic E-state index is 12.2. The van der Waals surface area contributed by atoms with Crippen LogP contribution in [0.4, 0.5) is 0 Å². The Morgan fingerprint density at radius 1 is 1.27 bits per heavy atom. The third-order valence-corrected chi connectivity index (χ3v) is 7.63. The van der Waals surface area contributed by atoms with Crippen LogP contribution < -0.4 is 0 Å². The van der Waals surface area contributed by atoms with E-state index >= 15 is 0 Å². The zero-order valence-electron chi connectivity index (χ0n) is 16.2. The number of fused-ring (bicyclic) bond motifs is 5. The van der Waals surface area contributed by atoms with E-state index in [9.17, 15) is 9.90 Å². The third kappa shape index (κ3) is 2.93. The third-order valence-electron chi connectivity index (χ3n) is 7.63. The highest BCUT2D eigenvalue weighted by atomic mass is 16.5. The molecule has 0 radical (unpaired) electrons. The van der Waals surface area contributed by atoms with Crippen molar-refractivity contribution in [3.63, 3.8) is 0 Å². The Morgan fingerprint density at radius 2 is 2.12 bits per heavy atom. The molecule has 0 amide bonds. The van der Waals surface area contributed by atoms with E-state index in [0.717, 1.165) is 32.1 Å². The lowest BCUT2D eigenvalue weighted by Gasteiger charge is -2.50. The van der Waals surface area contributed by atoms with Crippen LogP contribution in [0.3, 0.4) is 0 Å². The summed E-state index contributed by atoms with van der Waals surface area (Å²) in [7, 11) is 0. The maximum Gasteiger partial charge on any atom is 0.306 e. The van der Waals surface area contributed by atoms with Crippen LogP contribution in [0, 0.1) is 17.3 Å². The van der Waals surface area contributed by atoms with Crippen molar-refractivity contribution in [3.05, 3.63) is 29.3 Å². The molecular weight excluding hydrogens is 324 g/mol. The monoisotopic (exact) mass is 356 g/mol. The van der Waals surface area contributed by atoms with Crippen LogP contribution in [-0.4, -0.2) is 17.2 Å². The number of hydrogen-bond donors (Lipinski definition) is 1. The van der Waals surface area contributed by atoms with E-state index in [1.54, 1.807) is 0 Å². The van der Waals surface area contributed by atoms with Crippen LogP contribution in [0.2, 0.25) is 0 Å². The van der Waals surface area contributed by atoms with Gasteiger partial charge in [0, 0.05) is 11.8 Å². The smallest absolute Gasteiger partial charge is 0.306 e. The second-order valence-electron chi connectivity index (χ2n) is 9.00. The predicted octanol–water partition coefficient (Wildman–Crippen LogP) is 5.35. The second kappa shape index (κ2) is 6.90. The van der Waals surface area contributed by atoms with E-state index in [0.29, 0.717) is 29.9 Å². The van der Waals surface area contributed by atoms with Gasteiger partial charge in [-0.05, 0) is 86.0 Å². The minimum Gasteiger partial charge on any atom is -0.508 e. The molecule has 0 unspecified atom stereocenters. The molecular formula is C23H32O3. The fourth-order valence-electron chi connectivity index (χ4n) is 6.25. The number of hydrogen-bond acceptors (Lipinski definition) is 3. The lowest BCUT2D eigenvalue weighted by atomic mass is 9.55. The van der Waals surface area contributed by atoms with E-state index in [4.69, 9.17) is 4.74 Å². The zero-order valence-corrected chi connectivity index (χ0v) is 16.2. The summed E-state index contributed by atoms with van der Waals surface area (Å²) in [6.07, 6.45) is 9.47. The summed E-state index contributed by atoms with van der Waals surface area (Å²) in [4.78, 5) is 12.2. The lowest BCUT2D eigenvalue weighted by molar-refractivity contribution is -0.157. The molecule has 2 fully saturated rings. The maximum absolute atomic E-state index is 12.2. The summed E-state index contributed by atoms with van der Waals surface area (Å²) in [5.74, 6) is 2.37. The Labute approximate surface area is 157 Å². The van der Waals surface area contributed by atoms with Gasteiger partial charge in [-0.3, -0.25) is 4.79 Å². The molecule has 0 bridgehead atoms. The Balaban J connectivity index is 1.51. The summed E-state index contributed by atoms with van der Waals surface area (Å²) in [6, 6.07) is 5.97. The molecule has 0 spiro atoms. The molecule has 2 saturated carbocycles. The Hall–Kier alpha value is -1.51. The molecule has 4 rings (SSSR count). The molecule has 1 aromatic carbocycles. The summed E-state index contributed by atoms with van der Waals surface area (Å²) in [6.45, 7) is 4.49. The van der Waals surface area contributed by atoms with E-state index < -0.39 is 0 Å². The van der Waals surface area contributed by atoms with Gasteiger partial charge in [-0.15, -0.1) is 0 Å². The standard InChI is InChI=1S/C23H32O3/c1-3-4-5-22(25)26-21-11-10-20-19-8-6-15-14-16(24)7-9-17(15)18(19)12-13-23(20,21)2/h7,9,14,18-21,24H,3-6,8,10-13H2,1-2H3/t18-,19-,20+,21+,23-/m0/s1. The molecule has 0 heterocycles. The average Bonchev–Trinajstić information content (AvgIpc) is 2.96. The summed E-state index contributed by atoms with van der Waals surface area (Å²) < 4.78 is 5.98. The molecule has 0 aliphatic heterocycles. The summed E-state index contributed by atoms with van der Waals surface area (Å²) in [5.41, 5.74) is 2.96. The van der Waals surface area contributed by atoms with Crippen molar-refractivity contribution in [2.45, 2.75) is 83.7 Å². The number of unbranched alkanes of at least 4 members (excludes halogenated alkanes) is 1. The summed E-state index contributed by atoms with van der Waals surface area (Å²) >= 11 is 0. The normalized spacial score (nSPS) is 35.3. The van der Waals surface area contributed by atoms with Gasteiger partial charge in [0.1, 0.15) is 11.9 Å². The van der Waals surface area contributed by atoms with Crippen molar-refractivity contribution in [2.24, 2.45) is 17.3 Å². The minimum atomic E-state index is 0.00492. The van der Waals surface area contributed by atoms with E-state index in [1.807, 2.05) is 12.1 Å². The van der Waals surface area contributed by atoms with Crippen molar-refractivity contribution in [1.29, 1.82) is 0 Å². The number of ether oxygens (including phenoxy) is 1. The highest BCUT2D eigenvalue weighted by Crippen LogP contribution is 2.61. The number of carbonyl (C=O) groups is 1. The Kier molecular flexibility index (Phi) is 4.75. The Bertz CT molecular complexity index is 682. The highest BCUT2D eigenvalue weighted by molar-refractivity contribution is 5.69. The van der Waals surface area contributed by atoms with Gasteiger partial charge in [-0.25, -0.2) is 0 Å². The van der Waals surface area contributed by atoms with E-state index in [1.165, 1.54) is 30.4 Å². The molecule has 142 valence electrons. The molecule has 0 aromatic heterocycles. The van der Waals surface area contributed by atoms with Crippen LogP contribution >= 0.6 is 0 Å². The predicted molar refractivity (Wildman–Crippen MR) is 102 cm³/mol. The number of rotatable bonds is 4. The topological polar surface area (TPSA) is 46.5 Å². The summed E-state index contributed by atoms with van der Waals surface area (Å²) in [5, 5.41) is 9.81. The second-order valence-corrected chi connectivity index (χ2v) is 9.00. The minimum absolute atomic E-state index is 0.00492. The zero-order chi connectivity index (χ0) is 18.3. The van der Waals surface area contributed by atoms with Crippen molar-refractivity contribution >= 4 is 5.97 Å². The Morgan fingerprint density at radius 3 is 2.92 bits per heavy atom. The van der Waals surface area contributed by atoms with Gasteiger partial charge in [-0.2, -0.15) is 0 Å². The first-order chi connectivity index (χ1) is 12.5. The van der Waals surface area contributed by atoms with Gasteiger partial charge in [0.2, 0.25) is 0 Å². The van der Waals surface area contributed by atoms with Gasteiger partial charge < -0.3 is 9.84 Å². The van der Waals surface area contributed by atoms with Crippen molar-refractivity contribution in [2.75, 3.05) is 0 Å². The molecule has 5 atom stereocenters. The van der Waals surface area contributed by atoms with Crippen LogP contribution in [0.5, 0.6) is 5.75 Å². The molecule has 3 aliphatic rings. The number of esters is 1. The number of aromatic hydroxyl groups is 1. The van der Waals surface area contributed by atoms with Crippen LogP contribution in [0.15, 0.2) is 18.2 Å². The van der Waals surface area contributed by atoms with Crippen LogP contribution in [0.25, 0.3) is 0 Å². The molecule has 1 N–H and O–H groups in total. The van der Waals surface area contributed by atoms with Crippen molar-refractivity contribution < 1.29 is 14.6 Å². The van der Waals surface area contributed by atoms with Gasteiger partial charge >= 0.3 is 5.97 Å². The number of aryl methyl sites for hydroxylation is 1. The van der Waals surface area contributed by atoms with Crippen molar-refractivity contribution in [1.82, 2.24) is 0 Å². The quantitative estimate of drug-likeness (QED) is 0.740. The van der Waals surface area contributed by atoms with Gasteiger partial charge in [-0.1, -0.05) is 26.3 Å². The van der Waals surface area contributed by atoms with Crippen LogP contribution in [-0.2, 0) is 16.0 Å². The lowest BCUT2D eigenvalue weighted by Crippen LogP contribution is -2.45. The van der Waals surface area contributed by atoms with Gasteiger partial charge in [0.15, 0.2) is 0 Å². The molecule has 3 heteroatoms. The SMILES string of the molecule is CCCCC(=O)O[C@@H]1CC[C@@H]2[C@H]3CCc4cc(O)ccc4[C@@H]3CC[C@@]21C. The molecule has 0 saturated heterocycles. The van der Waals surface area contributed by atoms with Gasteiger partial charge in [0.05, 0.1) is 0 Å². The van der Waals surface area contributed by atoms with E-state index in [2.05, 4.69) is 19.9 Å². The fraction of sp³-hybridized carbons (Fsp3) is 0.696. The number of phenols is 1. The number of carbonyl (C=O) groups excluding carboxylic acids is 1. The average molecular weight is 357 g/mol. The largest absolute Gasteiger partial charge is 0.508 e. The first-order valence-electron chi connectivity index (χ1n) is 10.5. The molecule has 3 aliphatic carbocycles. The highest BCUT2D eigenvalue weighted by Gasteiger charge is 2.56. The van der Waals surface area contributed by atoms with E-state index in [-0.39, 0.29) is 17.5 Å². The van der Waals surface area contributed by atoms with Gasteiger partial charge in [0.25, 0.3) is 0 Å². The van der Waals surface area contributed by atoms with Crippen LogP contribution in [0.1, 0.15) is 82.3 Å². The molecule has 1 aromatic rings. The molecule has 26 heavy (non-hydrogen) atoms. The fourth-order valence-corrected chi connectivity index (χ4v) is 6.25. The number of benzene rings is 1. The first kappa shape index (κ1) is 17.9. The van der Waals surface area contributed by atoms with Crippen molar-refractivity contribution in [3.8, 4) is 5.75 Å².